The molecule has 0 aliphatic carbocycles. The molecule has 0 aromatic carbocycles. The van der Waals surface area contributed by atoms with Crippen LogP contribution in [-0.2, 0) is 20.9 Å². The lowest BCUT2D eigenvalue weighted by atomic mass is 10.2. The zero-order valence-electron chi connectivity index (χ0n) is 12.5. The molecule has 0 N–H and O–H groups in total. The normalized spacial score (nSPS) is 11.9. The van der Waals surface area contributed by atoms with E-state index in [-0.39, 0.29) is 0 Å². The molecule has 0 aromatic heterocycles. The van der Waals surface area contributed by atoms with E-state index in [1.807, 2.05) is 0 Å². The average Bonchev–Trinajstić information content (AvgIpc) is 2.38. The highest BCUT2D eigenvalue weighted by Gasteiger charge is 2.15. The van der Waals surface area contributed by atoms with Gasteiger partial charge < -0.3 is 9.05 Å². The first-order valence-corrected chi connectivity index (χ1v) is 10.4. The van der Waals surface area contributed by atoms with Crippen LogP contribution in [0.15, 0.2) is 0 Å². The van der Waals surface area contributed by atoms with Crippen molar-refractivity contribution in [1.29, 1.82) is 0 Å². The van der Waals surface area contributed by atoms with Crippen LogP contribution >= 0.6 is 6.49 Å². The van der Waals surface area contributed by atoms with Gasteiger partial charge >= 0.3 is 0 Å². The smallest absolute Gasteiger partial charge is 0.188 e. The predicted molar refractivity (Wildman–Crippen MR) is 85.0 cm³/mol. The van der Waals surface area contributed by atoms with Crippen LogP contribution in [0.3, 0.4) is 0 Å². The third-order valence-corrected chi connectivity index (χ3v) is 6.29. The molecule has 18 heavy (non-hydrogen) atoms. The van der Waals surface area contributed by atoms with Crippen LogP contribution in [0.4, 0.5) is 0 Å². The first kappa shape index (κ1) is 18.6. The number of unbranched alkanes of at least 4 members (excludes halogenated alkanes) is 6. The second kappa shape index (κ2) is 12.6. The molecule has 0 bridgehead atoms. The third kappa shape index (κ3) is 10.5. The summed E-state index contributed by atoms with van der Waals surface area (Å²) in [5.74, 6) is 0. The molecule has 4 heteroatoms. The summed E-state index contributed by atoms with van der Waals surface area (Å²) in [7, 11) is 0. The number of rotatable bonds is 13. The van der Waals surface area contributed by atoms with Gasteiger partial charge in [-0.05, 0) is 24.6 Å². The van der Waals surface area contributed by atoms with Crippen LogP contribution in [0.5, 0.6) is 0 Å². The Hall–Kier alpha value is 0.570. The van der Waals surface area contributed by atoms with Crippen LogP contribution < -0.4 is 0 Å². The fourth-order valence-electron chi connectivity index (χ4n) is 1.68. The predicted octanol–water partition coefficient (Wildman–Crippen LogP) is 5.51. The highest BCUT2D eigenvalue weighted by molar-refractivity contribution is 8.09. The zero-order valence-corrected chi connectivity index (χ0v) is 14.2. The second-order valence-corrected chi connectivity index (χ2v) is 8.75. The van der Waals surface area contributed by atoms with Crippen molar-refractivity contribution < 1.29 is 9.05 Å². The van der Waals surface area contributed by atoms with Crippen LogP contribution in [0.1, 0.15) is 72.1 Å². The lowest BCUT2D eigenvalue weighted by Gasteiger charge is -2.21. The summed E-state index contributed by atoms with van der Waals surface area (Å²) in [6.07, 6.45) is 10.7. The van der Waals surface area contributed by atoms with E-state index in [1.165, 1.54) is 38.5 Å². The zero-order chi connectivity index (χ0) is 13.7. The van der Waals surface area contributed by atoms with E-state index in [0.29, 0.717) is 0 Å². The molecule has 0 saturated heterocycles. The highest BCUT2D eigenvalue weighted by Crippen LogP contribution is 2.48. The minimum Gasteiger partial charge on any atom is -0.329 e. The minimum absolute atomic E-state index is 0.778. The molecule has 110 valence electrons. The molecule has 0 aromatic rings. The van der Waals surface area contributed by atoms with Crippen LogP contribution in [0.25, 0.3) is 0 Å². The lowest BCUT2D eigenvalue weighted by molar-refractivity contribution is 0.238. The molecular weight excluding hydrogens is 263 g/mol. The van der Waals surface area contributed by atoms with Crippen LogP contribution in [-0.4, -0.2) is 19.4 Å². The van der Waals surface area contributed by atoms with Gasteiger partial charge in [-0.2, -0.15) is 0 Å². The Balaban J connectivity index is 3.64. The van der Waals surface area contributed by atoms with Gasteiger partial charge in [0.25, 0.3) is 0 Å². The number of hydrogen-bond donors (Lipinski definition) is 0. The lowest BCUT2D eigenvalue weighted by Crippen LogP contribution is -2.01. The summed E-state index contributed by atoms with van der Waals surface area (Å²) in [6.45, 7) is 6.11. The van der Waals surface area contributed by atoms with Gasteiger partial charge in [-0.1, -0.05) is 59.3 Å². The Morgan fingerprint density at radius 2 is 1.17 bits per heavy atom. The summed E-state index contributed by atoms with van der Waals surface area (Å²) in [4.78, 5) is 0. The van der Waals surface area contributed by atoms with E-state index >= 15 is 0 Å². The summed E-state index contributed by atoms with van der Waals surface area (Å²) in [5, 5.41) is 0. The van der Waals surface area contributed by atoms with Crippen LogP contribution in [0, 0.1) is 0 Å². The van der Waals surface area contributed by atoms with Gasteiger partial charge in [-0.25, -0.2) is 0 Å². The van der Waals surface area contributed by atoms with E-state index < -0.39 is 6.49 Å². The monoisotopic (exact) mass is 294 g/mol. The molecule has 0 aliphatic rings. The van der Waals surface area contributed by atoms with Crippen molar-refractivity contribution in [2.75, 3.05) is 19.4 Å². The van der Waals surface area contributed by atoms with Crippen molar-refractivity contribution in [2.24, 2.45) is 0 Å². The van der Waals surface area contributed by atoms with E-state index in [0.717, 1.165) is 32.2 Å². The van der Waals surface area contributed by atoms with Gasteiger partial charge in [0.2, 0.25) is 0 Å². The van der Waals surface area contributed by atoms with E-state index in [2.05, 4.69) is 20.8 Å². The van der Waals surface area contributed by atoms with Crippen molar-refractivity contribution in [3.8, 4) is 0 Å². The molecule has 0 rings (SSSR count). The SMILES string of the molecule is CCCCCCOP(=S)(CC)OCCCCCC. The van der Waals surface area contributed by atoms with Crippen molar-refractivity contribution >= 4 is 18.3 Å². The molecule has 2 nitrogen and oxygen atoms in total. The van der Waals surface area contributed by atoms with E-state index in [9.17, 15) is 0 Å². The summed E-state index contributed by atoms with van der Waals surface area (Å²) in [6, 6.07) is 0. The summed E-state index contributed by atoms with van der Waals surface area (Å²) >= 11 is 5.53. The minimum atomic E-state index is -1.96. The van der Waals surface area contributed by atoms with Gasteiger partial charge in [-0.3, -0.25) is 0 Å². The molecule has 0 fully saturated rings. The molecule has 0 unspecified atom stereocenters. The first-order valence-electron chi connectivity index (χ1n) is 7.56. The topological polar surface area (TPSA) is 18.5 Å². The maximum absolute atomic E-state index is 5.84. The van der Waals surface area contributed by atoms with E-state index in [4.69, 9.17) is 20.9 Å². The molecule has 0 amide bonds. The van der Waals surface area contributed by atoms with Crippen molar-refractivity contribution in [3.63, 3.8) is 0 Å². The van der Waals surface area contributed by atoms with Gasteiger partial charge in [-0.15, -0.1) is 0 Å². The van der Waals surface area contributed by atoms with Crippen molar-refractivity contribution in [2.45, 2.75) is 72.1 Å². The largest absolute Gasteiger partial charge is 0.329 e. The Kier molecular flexibility index (Phi) is 13.0. The fraction of sp³-hybridized carbons (Fsp3) is 1.00. The van der Waals surface area contributed by atoms with Crippen molar-refractivity contribution in [3.05, 3.63) is 0 Å². The molecule has 0 heterocycles. The molecule has 0 radical (unpaired) electrons. The molecule has 0 spiro atoms. The Bertz CT molecular complexity index is 204. The third-order valence-electron chi connectivity index (χ3n) is 2.96. The highest BCUT2D eigenvalue weighted by atomic mass is 32.5. The van der Waals surface area contributed by atoms with Gasteiger partial charge in [0.05, 0.1) is 13.2 Å². The summed E-state index contributed by atoms with van der Waals surface area (Å²) in [5.41, 5.74) is 0. The Morgan fingerprint density at radius 3 is 1.50 bits per heavy atom. The maximum atomic E-state index is 5.84. The second-order valence-electron chi connectivity index (χ2n) is 4.71. The maximum Gasteiger partial charge on any atom is 0.188 e. The molecular formula is C14H31O2PS. The molecule has 0 aliphatic heterocycles. The number of hydrogen-bond acceptors (Lipinski definition) is 3. The standard InChI is InChI=1S/C14H31O2PS/c1-4-7-9-11-13-15-17(18,6-3)16-14-12-10-8-5-2/h4-14H2,1-3H3. The molecule has 0 saturated carbocycles. The fourth-order valence-corrected chi connectivity index (χ4v) is 3.39. The Morgan fingerprint density at radius 1 is 0.722 bits per heavy atom. The van der Waals surface area contributed by atoms with Gasteiger partial charge in [0, 0.05) is 6.16 Å². The molecule has 0 atom stereocenters. The Labute approximate surface area is 119 Å². The van der Waals surface area contributed by atoms with Crippen molar-refractivity contribution in [1.82, 2.24) is 0 Å². The van der Waals surface area contributed by atoms with Gasteiger partial charge in [0.15, 0.2) is 6.49 Å². The van der Waals surface area contributed by atoms with Crippen LogP contribution in [0.2, 0.25) is 0 Å². The first-order chi connectivity index (χ1) is 8.68. The quantitative estimate of drug-likeness (QED) is 0.329. The summed E-state index contributed by atoms with van der Waals surface area (Å²) < 4.78 is 11.7. The average molecular weight is 294 g/mol. The van der Waals surface area contributed by atoms with Gasteiger partial charge in [0.1, 0.15) is 0 Å². The van der Waals surface area contributed by atoms with E-state index in [1.54, 1.807) is 0 Å².